The van der Waals surface area contributed by atoms with Crippen molar-refractivity contribution in [2.45, 2.75) is 49.1 Å². The van der Waals surface area contributed by atoms with Crippen LogP contribution >= 0.6 is 11.6 Å². The van der Waals surface area contributed by atoms with E-state index < -0.39 is 15.1 Å². The SMILES string of the molecule is Cc1c(S(=O)(=O)C(C)C=CCC2CCCNC2)ccnc1CCl. The van der Waals surface area contributed by atoms with Gasteiger partial charge in [-0.25, -0.2) is 8.42 Å². The van der Waals surface area contributed by atoms with Gasteiger partial charge in [-0.2, -0.15) is 0 Å². The maximum Gasteiger partial charge on any atom is 0.184 e. The minimum absolute atomic E-state index is 0.216. The lowest BCUT2D eigenvalue weighted by Gasteiger charge is -2.21. The van der Waals surface area contributed by atoms with Gasteiger partial charge in [-0.3, -0.25) is 4.98 Å². The molecule has 23 heavy (non-hydrogen) atoms. The summed E-state index contributed by atoms with van der Waals surface area (Å²) in [5.41, 5.74) is 1.27. The van der Waals surface area contributed by atoms with Crippen LogP contribution in [0.1, 0.15) is 37.4 Å². The second kappa shape index (κ2) is 8.27. The van der Waals surface area contributed by atoms with Crippen LogP contribution in [0.25, 0.3) is 0 Å². The molecule has 1 aliphatic heterocycles. The highest BCUT2D eigenvalue weighted by molar-refractivity contribution is 7.92. The van der Waals surface area contributed by atoms with E-state index in [2.05, 4.69) is 10.3 Å². The van der Waals surface area contributed by atoms with Crippen molar-refractivity contribution in [3.05, 3.63) is 35.7 Å². The molecule has 0 radical (unpaired) electrons. The van der Waals surface area contributed by atoms with Gasteiger partial charge in [0, 0.05) is 6.20 Å². The van der Waals surface area contributed by atoms with E-state index in [0.29, 0.717) is 22.1 Å². The maximum atomic E-state index is 12.8. The normalized spacial score (nSPS) is 20.7. The first-order valence-electron chi connectivity index (χ1n) is 8.08. The molecule has 6 heteroatoms. The van der Waals surface area contributed by atoms with Gasteiger partial charge in [0.15, 0.2) is 9.84 Å². The molecule has 0 spiro atoms. The van der Waals surface area contributed by atoms with Crippen molar-refractivity contribution in [2.24, 2.45) is 5.92 Å². The molecule has 1 N–H and O–H groups in total. The number of sulfone groups is 1. The zero-order valence-electron chi connectivity index (χ0n) is 13.8. The summed E-state index contributed by atoms with van der Waals surface area (Å²) in [5.74, 6) is 0.828. The number of pyridine rings is 1. The number of piperidine rings is 1. The Labute approximate surface area is 144 Å². The highest BCUT2D eigenvalue weighted by atomic mass is 35.5. The Morgan fingerprint density at radius 1 is 1.52 bits per heavy atom. The van der Waals surface area contributed by atoms with E-state index in [9.17, 15) is 8.42 Å². The molecule has 4 nitrogen and oxygen atoms in total. The first-order chi connectivity index (χ1) is 11.0. The summed E-state index contributed by atoms with van der Waals surface area (Å²) in [6, 6.07) is 1.57. The molecule has 0 aromatic carbocycles. The fraction of sp³-hybridized carbons (Fsp3) is 0.588. The molecule has 1 aromatic rings. The van der Waals surface area contributed by atoms with E-state index in [1.165, 1.54) is 19.0 Å². The van der Waals surface area contributed by atoms with Crippen LogP contribution in [0, 0.1) is 12.8 Å². The Morgan fingerprint density at radius 2 is 2.30 bits per heavy atom. The first kappa shape index (κ1) is 18.4. The van der Waals surface area contributed by atoms with E-state index in [1.54, 1.807) is 19.9 Å². The molecule has 1 saturated heterocycles. The lowest BCUT2D eigenvalue weighted by molar-refractivity contribution is 0.381. The summed E-state index contributed by atoms with van der Waals surface area (Å²) in [4.78, 5) is 4.47. The van der Waals surface area contributed by atoms with Crippen molar-refractivity contribution >= 4 is 21.4 Å². The minimum Gasteiger partial charge on any atom is -0.316 e. The van der Waals surface area contributed by atoms with E-state index in [1.807, 2.05) is 12.2 Å². The van der Waals surface area contributed by atoms with Crippen molar-refractivity contribution in [2.75, 3.05) is 13.1 Å². The largest absolute Gasteiger partial charge is 0.316 e. The summed E-state index contributed by atoms with van der Waals surface area (Å²) in [6.07, 6.45) is 8.67. The van der Waals surface area contributed by atoms with Crippen LogP contribution in [0.5, 0.6) is 0 Å². The topological polar surface area (TPSA) is 59.1 Å². The van der Waals surface area contributed by atoms with Gasteiger partial charge in [-0.05, 0) is 63.7 Å². The summed E-state index contributed by atoms with van der Waals surface area (Å²) >= 11 is 5.83. The lowest BCUT2D eigenvalue weighted by Crippen LogP contribution is -2.29. The van der Waals surface area contributed by atoms with Gasteiger partial charge >= 0.3 is 0 Å². The minimum atomic E-state index is -3.41. The third-order valence-electron chi connectivity index (χ3n) is 4.46. The number of halogens is 1. The lowest BCUT2D eigenvalue weighted by atomic mass is 9.96. The molecular formula is C17H25ClN2O2S. The maximum absolute atomic E-state index is 12.8. The zero-order chi connectivity index (χ0) is 16.9. The average molecular weight is 357 g/mol. The quantitative estimate of drug-likeness (QED) is 0.628. The van der Waals surface area contributed by atoms with Crippen molar-refractivity contribution < 1.29 is 8.42 Å². The van der Waals surface area contributed by atoms with E-state index >= 15 is 0 Å². The van der Waals surface area contributed by atoms with E-state index in [-0.39, 0.29) is 5.88 Å². The Bertz CT molecular complexity index is 653. The van der Waals surface area contributed by atoms with Crippen LogP contribution in [-0.4, -0.2) is 31.7 Å². The Hall–Kier alpha value is -0.910. The summed E-state index contributed by atoms with van der Waals surface area (Å²) in [5, 5.41) is 2.83. The Balaban J connectivity index is 2.09. The number of allylic oxidation sites excluding steroid dienone is 1. The van der Waals surface area contributed by atoms with Crippen LogP contribution in [-0.2, 0) is 15.7 Å². The molecule has 2 rings (SSSR count). The molecule has 1 aromatic heterocycles. The predicted octanol–water partition coefficient (Wildman–Crippen LogP) is 3.24. The molecule has 1 fully saturated rings. The van der Waals surface area contributed by atoms with Crippen molar-refractivity contribution in [3.63, 3.8) is 0 Å². The highest BCUT2D eigenvalue weighted by Gasteiger charge is 2.24. The van der Waals surface area contributed by atoms with Crippen LogP contribution in [0.4, 0.5) is 0 Å². The summed E-state index contributed by atoms with van der Waals surface area (Å²) in [7, 11) is -3.41. The van der Waals surface area contributed by atoms with Crippen LogP contribution in [0.3, 0.4) is 0 Å². The van der Waals surface area contributed by atoms with Crippen molar-refractivity contribution in [1.82, 2.24) is 10.3 Å². The van der Waals surface area contributed by atoms with Crippen molar-refractivity contribution in [3.8, 4) is 0 Å². The number of rotatable bonds is 6. The molecular weight excluding hydrogens is 332 g/mol. The summed E-state index contributed by atoms with van der Waals surface area (Å²) < 4.78 is 25.5. The summed E-state index contributed by atoms with van der Waals surface area (Å²) in [6.45, 7) is 5.61. The monoisotopic (exact) mass is 356 g/mol. The molecule has 2 unspecified atom stereocenters. The smallest absolute Gasteiger partial charge is 0.184 e. The van der Waals surface area contributed by atoms with E-state index in [4.69, 9.17) is 11.6 Å². The number of aromatic nitrogens is 1. The molecule has 0 amide bonds. The molecule has 0 bridgehead atoms. The van der Waals surface area contributed by atoms with Crippen LogP contribution in [0.2, 0.25) is 0 Å². The molecule has 1 aliphatic rings. The predicted molar refractivity (Wildman–Crippen MR) is 94.5 cm³/mol. The number of nitrogens with zero attached hydrogens (tertiary/aromatic N) is 1. The van der Waals surface area contributed by atoms with Gasteiger partial charge in [0.25, 0.3) is 0 Å². The average Bonchev–Trinajstić information content (AvgIpc) is 2.55. The second-order valence-electron chi connectivity index (χ2n) is 6.14. The number of alkyl halides is 1. The van der Waals surface area contributed by atoms with Gasteiger partial charge in [-0.1, -0.05) is 12.2 Å². The molecule has 2 heterocycles. The first-order valence-corrected chi connectivity index (χ1v) is 10.2. The van der Waals surface area contributed by atoms with Gasteiger partial charge in [0.05, 0.1) is 21.7 Å². The zero-order valence-corrected chi connectivity index (χ0v) is 15.3. The molecule has 0 aliphatic carbocycles. The van der Waals surface area contributed by atoms with Gasteiger partial charge in [0.1, 0.15) is 0 Å². The van der Waals surface area contributed by atoms with E-state index in [0.717, 1.165) is 19.5 Å². The van der Waals surface area contributed by atoms with Crippen LogP contribution in [0.15, 0.2) is 29.3 Å². The second-order valence-corrected chi connectivity index (χ2v) is 8.68. The number of hydrogen-bond acceptors (Lipinski definition) is 4. The molecule has 2 atom stereocenters. The highest BCUT2D eigenvalue weighted by Crippen LogP contribution is 2.23. The van der Waals surface area contributed by atoms with Gasteiger partial charge in [-0.15, -0.1) is 11.6 Å². The fourth-order valence-corrected chi connectivity index (χ4v) is 4.68. The fourth-order valence-electron chi connectivity index (χ4n) is 2.89. The molecule has 0 saturated carbocycles. The third kappa shape index (κ3) is 4.55. The van der Waals surface area contributed by atoms with Gasteiger partial charge in [0.2, 0.25) is 0 Å². The van der Waals surface area contributed by atoms with Gasteiger partial charge < -0.3 is 5.32 Å². The standard InChI is InChI=1S/C17H25ClN2O2S/c1-13(5-3-6-15-7-4-9-19-12-15)23(21,22)17-8-10-20-16(11-18)14(17)2/h3,5,8,10,13,15,19H,4,6-7,9,11-12H2,1-2H3. The third-order valence-corrected chi connectivity index (χ3v) is 6.90. The Morgan fingerprint density at radius 3 is 2.96 bits per heavy atom. The number of hydrogen-bond donors (Lipinski definition) is 1. The van der Waals surface area contributed by atoms with Crippen LogP contribution < -0.4 is 5.32 Å². The van der Waals surface area contributed by atoms with Crippen molar-refractivity contribution in [1.29, 1.82) is 0 Å². The Kier molecular flexibility index (Phi) is 6.62. The molecule has 128 valence electrons. The number of nitrogens with one attached hydrogen (secondary N) is 1.